The normalized spacial score (nSPS) is 14.9. The van der Waals surface area contributed by atoms with Crippen LogP contribution in [0.25, 0.3) is 0 Å². The molecule has 1 nitrogen and oxygen atoms in total. The average Bonchev–Trinajstić information content (AvgIpc) is 2.14. The molecule has 0 heterocycles. The van der Waals surface area contributed by atoms with Crippen LogP contribution in [-0.4, -0.2) is 17.0 Å². The predicted molar refractivity (Wildman–Crippen MR) is 75.6 cm³/mol. The smallest absolute Gasteiger partial charge is 0.0791 e. The van der Waals surface area contributed by atoms with Crippen molar-refractivity contribution in [3.63, 3.8) is 0 Å². The molecule has 1 aromatic rings. The summed E-state index contributed by atoms with van der Waals surface area (Å²) in [6, 6.07) is 8.21. The lowest BCUT2D eigenvalue weighted by molar-refractivity contribution is 0.649. The van der Waals surface area contributed by atoms with Gasteiger partial charge in [0.1, 0.15) is 0 Å². The molecule has 1 aromatic carbocycles. The Morgan fingerprint density at radius 1 is 1.06 bits per heavy atom. The molecule has 1 atom stereocenters. The molecule has 0 amide bonds. The van der Waals surface area contributed by atoms with Gasteiger partial charge in [-0.1, -0.05) is 37.8 Å². The molecule has 0 saturated carbocycles. The van der Waals surface area contributed by atoms with Gasteiger partial charge in [0.15, 0.2) is 0 Å². The third-order valence-electron chi connectivity index (χ3n) is 2.45. The molecule has 0 N–H and O–H groups in total. The van der Waals surface area contributed by atoms with Crippen molar-refractivity contribution in [3.05, 3.63) is 24.3 Å². The summed E-state index contributed by atoms with van der Waals surface area (Å²) >= 11 is 0. The largest absolute Gasteiger partial charge is 0.254 e. The van der Waals surface area contributed by atoms with Gasteiger partial charge in [0.05, 0.1) is 18.9 Å². The third-order valence-corrected chi connectivity index (χ3v) is 6.55. The zero-order valence-corrected chi connectivity index (χ0v) is 12.9. The molecule has 16 heavy (non-hydrogen) atoms. The maximum absolute atomic E-state index is 12.5. The van der Waals surface area contributed by atoms with Crippen molar-refractivity contribution < 1.29 is 4.21 Å². The quantitative estimate of drug-likeness (QED) is 0.741. The summed E-state index contributed by atoms with van der Waals surface area (Å²) < 4.78 is 12.3. The van der Waals surface area contributed by atoms with Gasteiger partial charge in [0.25, 0.3) is 0 Å². The molecule has 0 aliphatic carbocycles. The Morgan fingerprint density at radius 3 is 2.00 bits per heavy atom. The maximum Gasteiger partial charge on any atom is 0.0791 e. The molecule has 90 valence electrons. The van der Waals surface area contributed by atoms with Gasteiger partial charge in [-0.2, -0.15) is 0 Å². The summed E-state index contributed by atoms with van der Waals surface area (Å²) in [5, 5.41) is 1.32. The van der Waals surface area contributed by atoms with Gasteiger partial charge in [-0.3, -0.25) is 4.21 Å². The van der Waals surface area contributed by atoms with Crippen LogP contribution in [0, 0.1) is 0 Å². The zero-order valence-electron chi connectivity index (χ0n) is 11.1. The summed E-state index contributed by atoms with van der Waals surface area (Å²) in [4.78, 5) is 1.04. The minimum atomic E-state index is -1.41. The Balaban J connectivity index is 3.31. The van der Waals surface area contributed by atoms with Gasteiger partial charge in [0, 0.05) is 9.64 Å². The Kier molecular flexibility index (Phi) is 3.80. The van der Waals surface area contributed by atoms with Gasteiger partial charge in [-0.05, 0) is 32.0 Å². The van der Waals surface area contributed by atoms with E-state index in [-0.39, 0.29) is 4.75 Å². The number of hydrogen-bond donors (Lipinski definition) is 0. The highest BCUT2D eigenvalue weighted by Crippen LogP contribution is 2.20. The molecule has 1 rings (SSSR count). The van der Waals surface area contributed by atoms with E-state index in [9.17, 15) is 4.21 Å². The lowest BCUT2D eigenvalue weighted by Crippen LogP contribution is -2.41. The standard InChI is InChI=1S/C13H22OSSi/c1-13(2,3)15(14)11-9-7-8-10-12(11)16(4,5)6/h7-10H,1-6H3. The average molecular weight is 254 g/mol. The lowest BCUT2D eigenvalue weighted by Gasteiger charge is -2.25. The molecule has 0 aliphatic heterocycles. The first kappa shape index (κ1) is 13.7. The van der Waals surface area contributed by atoms with Crippen molar-refractivity contribution >= 4 is 24.1 Å². The van der Waals surface area contributed by atoms with Crippen LogP contribution in [-0.2, 0) is 10.8 Å². The van der Waals surface area contributed by atoms with Crippen LogP contribution >= 0.6 is 0 Å². The van der Waals surface area contributed by atoms with E-state index in [1.165, 1.54) is 5.19 Å². The molecule has 0 saturated heterocycles. The Morgan fingerprint density at radius 2 is 1.56 bits per heavy atom. The molecule has 1 unspecified atom stereocenters. The molecule has 0 fully saturated rings. The van der Waals surface area contributed by atoms with Gasteiger partial charge in [0.2, 0.25) is 0 Å². The van der Waals surface area contributed by atoms with E-state index >= 15 is 0 Å². The van der Waals surface area contributed by atoms with Crippen LogP contribution in [0.2, 0.25) is 19.6 Å². The summed E-state index contributed by atoms with van der Waals surface area (Å²) in [7, 11) is -2.34. The summed E-state index contributed by atoms with van der Waals surface area (Å²) in [5.74, 6) is 0. The first-order valence-electron chi connectivity index (χ1n) is 5.65. The van der Waals surface area contributed by atoms with Crippen molar-refractivity contribution in [1.29, 1.82) is 0 Å². The fraction of sp³-hybridized carbons (Fsp3) is 0.538. The number of rotatable bonds is 2. The molecule has 0 radical (unpaired) electrons. The van der Waals surface area contributed by atoms with Gasteiger partial charge >= 0.3 is 0 Å². The van der Waals surface area contributed by atoms with Crippen LogP contribution < -0.4 is 5.19 Å². The molecule has 0 bridgehead atoms. The molecule has 3 heteroatoms. The van der Waals surface area contributed by atoms with Gasteiger partial charge in [-0.25, -0.2) is 0 Å². The number of hydrogen-bond acceptors (Lipinski definition) is 1. The van der Waals surface area contributed by atoms with E-state index in [0.717, 1.165) is 4.90 Å². The highest BCUT2D eigenvalue weighted by atomic mass is 32.2. The van der Waals surface area contributed by atoms with Crippen LogP contribution in [0.4, 0.5) is 0 Å². The number of benzene rings is 1. The van der Waals surface area contributed by atoms with Crippen molar-refractivity contribution in [3.8, 4) is 0 Å². The zero-order chi connectivity index (χ0) is 12.6. The first-order valence-corrected chi connectivity index (χ1v) is 10.3. The van der Waals surface area contributed by atoms with Crippen LogP contribution in [0.15, 0.2) is 29.2 Å². The van der Waals surface area contributed by atoms with E-state index in [4.69, 9.17) is 0 Å². The van der Waals surface area contributed by atoms with Gasteiger partial charge in [-0.15, -0.1) is 0 Å². The Labute approximate surface area is 103 Å². The lowest BCUT2D eigenvalue weighted by atomic mass is 10.3. The molecule has 0 spiro atoms. The van der Waals surface area contributed by atoms with Crippen LogP contribution in [0.1, 0.15) is 20.8 Å². The summed E-state index contributed by atoms with van der Waals surface area (Å²) in [5.41, 5.74) is 0. The van der Waals surface area contributed by atoms with Crippen LogP contribution in [0.5, 0.6) is 0 Å². The summed E-state index contributed by atoms with van der Waals surface area (Å²) in [6.07, 6.45) is 0. The molecular formula is C13H22OSSi. The third kappa shape index (κ3) is 3.05. The second-order valence-corrected chi connectivity index (χ2v) is 13.4. The summed E-state index contributed by atoms with van der Waals surface area (Å²) in [6.45, 7) is 13.0. The van der Waals surface area contributed by atoms with Gasteiger partial charge < -0.3 is 0 Å². The molecular weight excluding hydrogens is 232 g/mol. The van der Waals surface area contributed by atoms with E-state index in [1.807, 2.05) is 32.9 Å². The Hall–Kier alpha value is -0.413. The SMILES string of the molecule is CC(C)(C)S(=O)c1ccccc1[Si](C)(C)C. The van der Waals surface area contributed by atoms with Crippen molar-refractivity contribution in [2.45, 2.75) is 50.1 Å². The highest BCUT2D eigenvalue weighted by Gasteiger charge is 2.27. The van der Waals surface area contributed by atoms with Crippen molar-refractivity contribution in [2.24, 2.45) is 0 Å². The first-order chi connectivity index (χ1) is 7.14. The molecule has 0 aliphatic rings. The predicted octanol–water partition coefficient (Wildman–Crippen LogP) is 3.14. The Bertz CT molecular complexity index is 399. The molecule has 0 aromatic heterocycles. The minimum Gasteiger partial charge on any atom is -0.254 e. The van der Waals surface area contributed by atoms with E-state index in [0.29, 0.717) is 0 Å². The minimum absolute atomic E-state index is 0.185. The topological polar surface area (TPSA) is 17.1 Å². The van der Waals surface area contributed by atoms with Crippen LogP contribution in [0.3, 0.4) is 0 Å². The maximum atomic E-state index is 12.5. The fourth-order valence-electron chi connectivity index (χ4n) is 1.58. The van der Waals surface area contributed by atoms with Crippen molar-refractivity contribution in [1.82, 2.24) is 0 Å². The fourth-order valence-corrected chi connectivity index (χ4v) is 5.32. The van der Waals surface area contributed by atoms with Crippen molar-refractivity contribution in [2.75, 3.05) is 0 Å². The highest BCUT2D eigenvalue weighted by molar-refractivity contribution is 7.86. The van der Waals surface area contributed by atoms with E-state index < -0.39 is 18.9 Å². The van der Waals surface area contributed by atoms with E-state index in [2.05, 4.69) is 31.8 Å². The second kappa shape index (κ2) is 4.45. The monoisotopic (exact) mass is 254 g/mol. The second-order valence-electron chi connectivity index (χ2n) is 6.13. The van der Waals surface area contributed by atoms with E-state index in [1.54, 1.807) is 0 Å².